The zero-order valence-electron chi connectivity index (χ0n) is 13.7. The molecule has 0 fully saturated rings. The minimum absolute atomic E-state index is 0. The van der Waals surface area contributed by atoms with Crippen molar-refractivity contribution in [3.63, 3.8) is 0 Å². The van der Waals surface area contributed by atoms with Crippen molar-refractivity contribution in [2.45, 2.75) is 41.5 Å². The Morgan fingerprint density at radius 1 is 0.545 bits per heavy atom. The first-order chi connectivity index (χ1) is 9.38. The number of aliphatic hydroxyl groups is 3. The van der Waals surface area contributed by atoms with E-state index in [0.29, 0.717) is 0 Å². The molecule has 0 rings (SSSR count). The van der Waals surface area contributed by atoms with Crippen molar-refractivity contribution in [3.05, 3.63) is 35.5 Å². The summed E-state index contributed by atoms with van der Waals surface area (Å²) in [6.07, 6.45) is 3.50. The average Bonchev–Trinajstić information content (AvgIpc) is 2.10. The van der Waals surface area contributed by atoms with Crippen molar-refractivity contribution in [2.24, 2.45) is 0 Å². The van der Waals surface area contributed by atoms with Crippen molar-refractivity contribution in [3.8, 4) is 0 Å². The molecule has 0 aliphatic carbocycles. The average molecular weight is 458 g/mol. The Balaban J connectivity index is -0.000000108. The number of carbonyl (C=O) groups is 3. The molecular formula is C15H24GdO6. The van der Waals surface area contributed by atoms with E-state index in [4.69, 9.17) is 15.3 Å². The van der Waals surface area contributed by atoms with Crippen LogP contribution in [0, 0.1) is 39.9 Å². The van der Waals surface area contributed by atoms with Gasteiger partial charge in [0.1, 0.15) is 0 Å². The molecule has 128 valence electrons. The predicted octanol–water partition coefficient (Wildman–Crippen LogP) is 3.11. The van der Waals surface area contributed by atoms with Crippen molar-refractivity contribution in [2.75, 3.05) is 0 Å². The fraction of sp³-hybridized carbons (Fsp3) is 0.400. The number of rotatable bonds is 3. The second-order valence-electron chi connectivity index (χ2n) is 4.19. The van der Waals surface area contributed by atoms with Crippen LogP contribution in [0.15, 0.2) is 35.5 Å². The SMILES string of the molecule is CC(=O)C=C(C)O.CC(=O)C=C(C)O.CC(=O)C=C(C)O.[Gd]. The van der Waals surface area contributed by atoms with Crippen molar-refractivity contribution < 1.29 is 69.6 Å². The van der Waals surface area contributed by atoms with Crippen LogP contribution in [0.3, 0.4) is 0 Å². The van der Waals surface area contributed by atoms with Crippen LogP contribution in [0.2, 0.25) is 0 Å². The van der Waals surface area contributed by atoms with Gasteiger partial charge in [0.05, 0.1) is 17.3 Å². The van der Waals surface area contributed by atoms with Gasteiger partial charge in [0.2, 0.25) is 0 Å². The van der Waals surface area contributed by atoms with E-state index in [2.05, 4.69) is 0 Å². The second kappa shape index (κ2) is 18.0. The first-order valence-corrected chi connectivity index (χ1v) is 6.02. The van der Waals surface area contributed by atoms with Crippen LogP contribution in [0.1, 0.15) is 41.5 Å². The van der Waals surface area contributed by atoms with Gasteiger partial charge < -0.3 is 15.3 Å². The van der Waals surface area contributed by atoms with Gasteiger partial charge >= 0.3 is 0 Å². The van der Waals surface area contributed by atoms with E-state index in [0.717, 1.165) is 0 Å². The zero-order chi connectivity index (χ0) is 17.6. The summed E-state index contributed by atoms with van der Waals surface area (Å²) >= 11 is 0. The Morgan fingerprint density at radius 3 is 0.682 bits per heavy atom. The van der Waals surface area contributed by atoms with E-state index in [1.165, 1.54) is 59.8 Å². The van der Waals surface area contributed by atoms with Gasteiger partial charge in [-0.15, -0.1) is 0 Å². The first-order valence-electron chi connectivity index (χ1n) is 6.02. The van der Waals surface area contributed by atoms with E-state index in [-0.39, 0.29) is 74.6 Å². The maximum Gasteiger partial charge on any atom is 0.155 e. The molecule has 0 aromatic carbocycles. The fourth-order valence-electron chi connectivity index (χ4n) is 0.882. The molecule has 0 saturated carbocycles. The molecule has 0 heterocycles. The maximum atomic E-state index is 10.0. The van der Waals surface area contributed by atoms with Crippen LogP contribution in [-0.4, -0.2) is 32.7 Å². The smallest absolute Gasteiger partial charge is 0.155 e. The summed E-state index contributed by atoms with van der Waals surface area (Å²) in [5.74, 6) is -0.187. The Hall–Kier alpha value is -1.05. The molecular weight excluding hydrogens is 433 g/mol. The van der Waals surface area contributed by atoms with Gasteiger partial charge in [-0.3, -0.25) is 14.4 Å². The van der Waals surface area contributed by atoms with Gasteiger partial charge in [0, 0.05) is 58.2 Å². The number of ketones is 3. The second-order valence-corrected chi connectivity index (χ2v) is 4.19. The van der Waals surface area contributed by atoms with Crippen LogP contribution < -0.4 is 0 Å². The van der Waals surface area contributed by atoms with E-state index in [9.17, 15) is 14.4 Å². The number of aliphatic hydroxyl groups excluding tert-OH is 3. The van der Waals surface area contributed by atoms with E-state index < -0.39 is 0 Å². The van der Waals surface area contributed by atoms with Gasteiger partial charge in [-0.25, -0.2) is 0 Å². The zero-order valence-corrected chi connectivity index (χ0v) is 15.9. The molecule has 0 saturated heterocycles. The first kappa shape index (κ1) is 29.0. The standard InChI is InChI=1S/3C5H8O2.Gd/c3*1-4(6)3-5(2)7;/h3*3,6H,1-2H3;. The van der Waals surface area contributed by atoms with E-state index in [1.807, 2.05) is 0 Å². The monoisotopic (exact) mass is 458 g/mol. The number of allylic oxidation sites excluding steroid dienone is 6. The summed E-state index contributed by atoms with van der Waals surface area (Å²) in [7, 11) is 0. The quantitative estimate of drug-likeness (QED) is 0.443. The third-order valence-corrected chi connectivity index (χ3v) is 1.24. The molecule has 22 heavy (non-hydrogen) atoms. The largest absolute Gasteiger partial charge is 0.512 e. The molecule has 0 radical (unpaired) electrons. The minimum atomic E-state index is -0.125. The molecule has 0 bridgehead atoms. The molecule has 0 amide bonds. The van der Waals surface area contributed by atoms with Gasteiger partial charge in [0.15, 0.2) is 17.3 Å². The Bertz CT molecular complexity index is 368. The number of hydrogen-bond acceptors (Lipinski definition) is 6. The number of carbonyl (C=O) groups excluding carboxylic acids is 3. The predicted molar refractivity (Wildman–Crippen MR) is 81.2 cm³/mol. The van der Waals surface area contributed by atoms with Gasteiger partial charge in [-0.1, -0.05) is 0 Å². The Morgan fingerprint density at radius 2 is 0.682 bits per heavy atom. The fourth-order valence-corrected chi connectivity index (χ4v) is 0.882. The van der Waals surface area contributed by atoms with Crippen LogP contribution in [-0.2, 0) is 14.4 Å². The number of hydrogen-bond donors (Lipinski definition) is 3. The molecule has 0 atom stereocenters. The Labute approximate surface area is 163 Å². The molecule has 7 heteroatoms. The summed E-state index contributed by atoms with van der Waals surface area (Å²) in [6, 6.07) is 0. The van der Waals surface area contributed by atoms with Gasteiger partial charge in [0.25, 0.3) is 0 Å². The molecule has 0 aliphatic rings. The molecule has 3 N–H and O–H groups in total. The third kappa shape index (κ3) is 50.9. The van der Waals surface area contributed by atoms with Crippen LogP contribution in [0.25, 0.3) is 0 Å². The van der Waals surface area contributed by atoms with Gasteiger partial charge in [-0.2, -0.15) is 0 Å². The summed E-state index contributed by atoms with van der Waals surface area (Å²) in [5, 5.41) is 25.1. The van der Waals surface area contributed by atoms with Crippen LogP contribution in [0.5, 0.6) is 0 Å². The normalized spacial score (nSPS) is 10.9. The Kier molecular flexibility index (Phi) is 23.8. The maximum absolute atomic E-state index is 10.0. The van der Waals surface area contributed by atoms with Crippen molar-refractivity contribution in [1.82, 2.24) is 0 Å². The molecule has 0 spiro atoms. The van der Waals surface area contributed by atoms with E-state index in [1.54, 1.807) is 0 Å². The van der Waals surface area contributed by atoms with Crippen molar-refractivity contribution >= 4 is 17.3 Å². The van der Waals surface area contributed by atoms with Gasteiger partial charge in [-0.05, 0) is 41.5 Å². The van der Waals surface area contributed by atoms with E-state index >= 15 is 0 Å². The topological polar surface area (TPSA) is 112 Å². The molecule has 0 aliphatic heterocycles. The molecule has 0 aromatic rings. The summed E-state index contributed by atoms with van der Waals surface area (Å²) < 4.78 is 0. The third-order valence-electron chi connectivity index (χ3n) is 1.24. The minimum Gasteiger partial charge on any atom is -0.512 e. The van der Waals surface area contributed by atoms with Crippen molar-refractivity contribution in [1.29, 1.82) is 0 Å². The van der Waals surface area contributed by atoms with Crippen LogP contribution >= 0.6 is 0 Å². The summed E-state index contributed by atoms with van der Waals surface area (Å²) in [6.45, 7) is 8.54. The molecule has 6 nitrogen and oxygen atoms in total. The summed E-state index contributed by atoms with van der Waals surface area (Å²) in [5.41, 5.74) is 0. The summed E-state index contributed by atoms with van der Waals surface area (Å²) in [4.78, 5) is 30.1. The molecule has 0 unspecified atom stereocenters. The molecule has 0 aromatic heterocycles. The van der Waals surface area contributed by atoms with Crippen LogP contribution in [0.4, 0.5) is 0 Å².